The number of alkyl halides is 2. The van der Waals surface area contributed by atoms with Crippen molar-refractivity contribution in [1.82, 2.24) is 44.0 Å². The lowest BCUT2D eigenvalue weighted by atomic mass is 9.85. The van der Waals surface area contributed by atoms with E-state index in [2.05, 4.69) is 47.5 Å². The van der Waals surface area contributed by atoms with Crippen molar-refractivity contribution in [1.29, 1.82) is 0 Å². The van der Waals surface area contributed by atoms with E-state index in [-0.39, 0.29) is 54.4 Å². The van der Waals surface area contributed by atoms with Gasteiger partial charge in [0.05, 0.1) is 54.5 Å². The molecule has 5 aromatic heterocycles. The van der Waals surface area contributed by atoms with Crippen molar-refractivity contribution in [2.45, 2.75) is 82.1 Å². The van der Waals surface area contributed by atoms with Gasteiger partial charge in [-0.05, 0) is 69.1 Å². The number of amides is 4. The standard InChI is InChI=1S/C42H46F2N12O5/c43-38(44)37-33(47-41(58)32-20-46-55-17-11-34(48-40(32)55)54-23-31-19-29(54)25-61-31)24-56(50-37)28-7-5-26(6-8-28)22-51-14-9-30(10-15-51)60-18-2-4-27-3-1-13-52-36(21-45-39(27)52)53-16-12-35(57)49-42(53)59/h1,3,11,13,17,20-21,24,26,28-31,38H,5-10,12,14-16,18-19,22-23,25H2,(H,47,58)(H,49,57,59)/t26?,28?,29-,31-/m1/s1. The molecule has 4 amide bonds. The summed E-state index contributed by atoms with van der Waals surface area (Å²) in [5.41, 5.74) is 1.45. The summed E-state index contributed by atoms with van der Waals surface area (Å²) in [7, 11) is 0. The first-order valence-corrected chi connectivity index (χ1v) is 21.1. The first-order valence-electron chi connectivity index (χ1n) is 21.1. The minimum Gasteiger partial charge on any atom is -0.374 e. The third-order valence-electron chi connectivity index (χ3n) is 12.7. The summed E-state index contributed by atoms with van der Waals surface area (Å²) in [6.45, 7) is 4.81. The van der Waals surface area contributed by atoms with Gasteiger partial charge in [0.1, 0.15) is 23.8 Å². The third kappa shape index (κ3) is 7.90. The van der Waals surface area contributed by atoms with Crippen LogP contribution in [0.25, 0.3) is 11.3 Å². The summed E-state index contributed by atoms with van der Waals surface area (Å²) in [6, 6.07) is 5.34. The maximum Gasteiger partial charge on any atom is 0.329 e. The highest BCUT2D eigenvalue weighted by Gasteiger charge is 2.40. The topological polar surface area (TPSA) is 169 Å². The zero-order chi connectivity index (χ0) is 41.6. The second kappa shape index (κ2) is 16.5. The number of nitrogens with one attached hydrogen (secondary N) is 2. The molecule has 5 aliphatic rings. The molecule has 17 nitrogen and oxygen atoms in total. The Bertz CT molecular complexity index is 2530. The second-order valence-corrected chi connectivity index (χ2v) is 16.5. The number of aromatic nitrogens is 7. The molecule has 19 heteroatoms. The van der Waals surface area contributed by atoms with Crippen LogP contribution in [0.15, 0.2) is 49.2 Å². The van der Waals surface area contributed by atoms with Crippen LogP contribution in [0.2, 0.25) is 0 Å². The smallest absolute Gasteiger partial charge is 0.329 e. The Kier molecular flexibility index (Phi) is 10.6. The Labute approximate surface area is 349 Å². The van der Waals surface area contributed by atoms with Crippen molar-refractivity contribution in [3.8, 4) is 11.8 Å². The normalized spacial score (nSPS) is 23.6. The number of piperidine rings is 1. The number of likely N-dealkylation sites (tertiary alicyclic amines) is 1. The monoisotopic (exact) mass is 836 g/mol. The van der Waals surface area contributed by atoms with Gasteiger partial charge in [0.25, 0.3) is 12.3 Å². The molecular weight excluding hydrogens is 791 g/mol. The van der Waals surface area contributed by atoms with E-state index in [4.69, 9.17) is 14.5 Å². The van der Waals surface area contributed by atoms with Crippen molar-refractivity contribution in [2.75, 3.05) is 61.1 Å². The highest BCUT2D eigenvalue weighted by atomic mass is 19.3. The molecule has 0 aromatic carbocycles. The van der Waals surface area contributed by atoms with Crippen molar-refractivity contribution in [3.63, 3.8) is 0 Å². The summed E-state index contributed by atoms with van der Waals surface area (Å²) in [5, 5.41) is 13.6. The lowest BCUT2D eigenvalue weighted by molar-refractivity contribution is -0.120. The van der Waals surface area contributed by atoms with E-state index in [1.54, 1.807) is 27.7 Å². The fourth-order valence-corrected chi connectivity index (χ4v) is 9.48. The van der Waals surface area contributed by atoms with E-state index < -0.39 is 24.1 Å². The van der Waals surface area contributed by atoms with Gasteiger partial charge in [0, 0.05) is 57.7 Å². The molecule has 1 saturated carbocycles. The number of fused-ring (bicyclic) bond motifs is 4. The lowest BCUT2D eigenvalue weighted by Crippen LogP contribution is -2.50. The minimum absolute atomic E-state index is 0.00270. The molecule has 2 bridgehead atoms. The van der Waals surface area contributed by atoms with E-state index in [9.17, 15) is 23.2 Å². The molecule has 61 heavy (non-hydrogen) atoms. The molecule has 0 spiro atoms. The molecular formula is C42H46F2N12O5. The molecule has 2 atom stereocenters. The number of carbonyl (C=O) groups is 3. The van der Waals surface area contributed by atoms with E-state index in [1.807, 2.05) is 24.4 Å². The lowest BCUT2D eigenvalue weighted by Gasteiger charge is -2.36. The Balaban J connectivity index is 0.690. The number of rotatable bonds is 10. The van der Waals surface area contributed by atoms with Crippen LogP contribution < -0.4 is 20.4 Å². The van der Waals surface area contributed by atoms with Crippen molar-refractivity contribution < 1.29 is 32.6 Å². The quantitative estimate of drug-likeness (QED) is 0.191. The molecule has 5 aromatic rings. The number of hydrogen-bond donors (Lipinski definition) is 2. The molecule has 1 aliphatic carbocycles. The van der Waals surface area contributed by atoms with Crippen LogP contribution in [0.1, 0.15) is 85.4 Å². The molecule has 2 N–H and O–H groups in total. The largest absolute Gasteiger partial charge is 0.374 e. The number of urea groups is 1. The minimum atomic E-state index is -2.86. The van der Waals surface area contributed by atoms with E-state index >= 15 is 0 Å². The maximum atomic E-state index is 14.3. The van der Waals surface area contributed by atoms with Gasteiger partial charge in [-0.1, -0.05) is 11.8 Å². The van der Waals surface area contributed by atoms with Crippen LogP contribution in [0.3, 0.4) is 0 Å². The van der Waals surface area contributed by atoms with Gasteiger partial charge < -0.3 is 24.6 Å². The SMILES string of the molecule is O=C1CCN(c2cnc3c(C#CCOC4CCN(CC5CCC(n6cc(NC(=O)c7cnn8ccc(N9C[C@H]%10C[C@@H]9CO%10)nc78)c(C(F)F)n6)CC5)CC4)cccn23)C(=O)N1. The molecule has 4 saturated heterocycles. The van der Waals surface area contributed by atoms with Gasteiger partial charge in [-0.25, -0.2) is 28.1 Å². The Morgan fingerprint density at radius 1 is 1.03 bits per heavy atom. The van der Waals surface area contributed by atoms with Crippen LogP contribution in [-0.4, -0.2) is 121 Å². The number of morpholine rings is 1. The van der Waals surface area contributed by atoms with Gasteiger partial charge in [-0.15, -0.1) is 0 Å². The average Bonchev–Trinajstić information content (AvgIpc) is 4.12. The second-order valence-electron chi connectivity index (χ2n) is 16.5. The van der Waals surface area contributed by atoms with Crippen LogP contribution in [-0.2, 0) is 14.3 Å². The van der Waals surface area contributed by atoms with Crippen LogP contribution in [0.5, 0.6) is 0 Å². The average molecular weight is 837 g/mol. The molecule has 0 unspecified atom stereocenters. The summed E-state index contributed by atoms with van der Waals surface area (Å²) in [6.07, 6.45) is 12.1. The number of hydrogen-bond acceptors (Lipinski definition) is 11. The summed E-state index contributed by atoms with van der Waals surface area (Å²) in [5.74, 6) is 7.25. The number of halogens is 2. The Morgan fingerprint density at radius 3 is 2.66 bits per heavy atom. The van der Waals surface area contributed by atoms with Crippen molar-refractivity contribution >= 4 is 46.5 Å². The number of carbonyl (C=O) groups excluding carboxylic acids is 3. The summed E-state index contributed by atoms with van der Waals surface area (Å²) < 4.78 is 45.3. The number of nitrogens with zero attached hydrogens (tertiary/aromatic N) is 10. The van der Waals surface area contributed by atoms with Gasteiger partial charge in [0.15, 0.2) is 17.0 Å². The van der Waals surface area contributed by atoms with Gasteiger partial charge in [-0.3, -0.25) is 28.9 Å². The van der Waals surface area contributed by atoms with E-state index in [1.165, 1.54) is 15.6 Å². The maximum absolute atomic E-state index is 14.3. The Morgan fingerprint density at radius 2 is 1.89 bits per heavy atom. The third-order valence-corrected chi connectivity index (χ3v) is 12.7. The first kappa shape index (κ1) is 39.2. The number of pyridine rings is 1. The predicted molar refractivity (Wildman–Crippen MR) is 218 cm³/mol. The van der Waals surface area contributed by atoms with Gasteiger partial charge in [0.2, 0.25) is 5.91 Å². The zero-order valence-corrected chi connectivity index (χ0v) is 33.5. The molecule has 0 radical (unpaired) electrons. The molecule has 9 heterocycles. The number of anilines is 3. The van der Waals surface area contributed by atoms with Crippen LogP contribution in [0, 0.1) is 17.8 Å². The fourth-order valence-electron chi connectivity index (χ4n) is 9.48. The Hall–Kier alpha value is -5.97. The van der Waals surface area contributed by atoms with Crippen LogP contribution >= 0.6 is 0 Å². The number of imide groups is 1. The first-order chi connectivity index (χ1) is 29.7. The van der Waals surface area contributed by atoms with Gasteiger partial charge in [-0.2, -0.15) is 10.2 Å². The zero-order valence-electron chi connectivity index (χ0n) is 33.5. The van der Waals surface area contributed by atoms with Crippen LogP contribution in [0.4, 0.5) is 30.9 Å². The highest BCUT2D eigenvalue weighted by molar-refractivity contribution is 6.08. The highest BCUT2D eigenvalue weighted by Crippen LogP contribution is 2.36. The number of ether oxygens (including phenoxy) is 2. The van der Waals surface area contributed by atoms with Gasteiger partial charge >= 0.3 is 6.03 Å². The number of imidazole rings is 1. The van der Waals surface area contributed by atoms with E-state index in [0.717, 1.165) is 82.5 Å². The molecule has 318 valence electrons. The molecule has 10 rings (SSSR count). The van der Waals surface area contributed by atoms with Crippen molar-refractivity contribution in [3.05, 3.63) is 66.0 Å². The summed E-state index contributed by atoms with van der Waals surface area (Å²) in [4.78, 5) is 52.9. The fraction of sp³-hybridized carbons (Fsp3) is 0.500. The molecule has 5 fully saturated rings. The predicted octanol–water partition coefficient (Wildman–Crippen LogP) is 4.45. The summed E-state index contributed by atoms with van der Waals surface area (Å²) >= 11 is 0. The molecule has 4 aliphatic heterocycles. The van der Waals surface area contributed by atoms with E-state index in [0.29, 0.717) is 36.2 Å². The van der Waals surface area contributed by atoms with Crippen molar-refractivity contribution in [2.24, 2.45) is 5.92 Å².